The number of furan rings is 2. The number of ether oxygens (including phenoxy) is 2. The fourth-order valence-corrected chi connectivity index (χ4v) is 12.1. The highest BCUT2D eigenvalue weighted by Gasteiger charge is 2.51. The number of hydrogen-bond donors (Lipinski definition) is 0. The van der Waals surface area contributed by atoms with Gasteiger partial charge in [-0.1, -0.05) is 24.3 Å². The predicted molar refractivity (Wildman–Crippen MR) is 331 cm³/mol. The highest BCUT2D eigenvalue weighted by Crippen LogP contribution is 2.54. The highest BCUT2D eigenvalue weighted by molar-refractivity contribution is 7.98. The number of methoxy groups -OCH3 is 2. The van der Waals surface area contributed by atoms with Gasteiger partial charge in [0.05, 0.1) is 83.1 Å². The molecule has 0 radical (unpaired) electrons. The molecule has 0 aliphatic carbocycles. The average Bonchev–Trinajstić information content (AvgIpc) is 3.42. The Hall–Kier alpha value is -10.0. The van der Waals surface area contributed by atoms with Crippen LogP contribution in [0.3, 0.4) is 0 Å². The van der Waals surface area contributed by atoms with Gasteiger partial charge in [-0.3, -0.25) is 29.4 Å². The third kappa shape index (κ3) is 8.33. The Morgan fingerprint density at radius 2 is 0.841 bits per heavy atom. The number of carbonyl (C=O) groups excluding carboxylic acids is 2. The van der Waals surface area contributed by atoms with Crippen LogP contribution < -0.4 is 29.1 Å². The van der Waals surface area contributed by atoms with Crippen LogP contribution in [-0.4, -0.2) is 48.5 Å². The maximum Gasteiger partial charge on any atom is 0.265 e. The highest BCUT2D eigenvalue weighted by atomic mass is 32.2. The number of carbonyl (C=O) groups is 2. The summed E-state index contributed by atoms with van der Waals surface area (Å²) in [5, 5.41) is 3.29. The van der Waals surface area contributed by atoms with Gasteiger partial charge in [0.2, 0.25) is 0 Å². The first-order valence-corrected chi connectivity index (χ1v) is 28.8. The molecule has 2 amide bonds. The van der Waals surface area contributed by atoms with Gasteiger partial charge in [0.1, 0.15) is 22.7 Å². The fraction of sp³-hybridized carbons (Fsp3) is 0.0588. The molecule has 0 fully saturated rings. The average molecular weight is 1110 g/mol. The molecule has 82 heavy (non-hydrogen) atoms. The predicted octanol–water partition coefficient (Wildman–Crippen LogP) is 16.9. The molecule has 14 heteroatoms. The molecule has 2 aliphatic rings. The van der Waals surface area contributed by atoms with Crippen LogP contribution in [0.1, 0.15) is 11.1 Å². The topological polar surface area (TPSA) is 118 Å². The molecule has 0 N–H and O–H groups in total. The van der Waals surface area contributed by atoms with E-state index >= 15 is 9.59 Å². The summed E-state index contributed by atoms with van der Waals surface area (Å²) in [5.41, 5.74) is 10.8. The summed E-state index contributed by atoms with van der Waals surface area (Å²) in [6.07, 6.45) is 10.9. The van der Waals surface area contributed by atoms with Crippen LogP contribution in [0.4, 0.5) is 45.5 Å². The number of nitrogens with zero attached hydrogens (tertiary/aromatic N) is 6. The Kier molecular flexibility index (Phi) is 12.6. The second kappa shape index (κ2) is 20.6. The van der Waals surface area contributed by atoms with E-state index in [-0.39, 0.29) is 11.1 Å². The largest absolute Gasteiger partial charge is 0.497 e. The normalized spacial score (nSPS) is 13.4. The number of anilines is 8. The minimum absolute atomic E-state index is 0.197. The van der Waals surface area contributed by atoms with Crippen LogP contribution in [0.15, 0.2) is 249 Å². The molecule has 4 aromatic heterocycles. The smallest absolute Gasteiger partial charge is 0.265 e. The summed E-state index contributed by atoms with van der Waals surface area (Å²) in [6, 6.07) is 63.6. The van der Waals surface area contributed by atoms with Crippen LogP contribution in [0.2, 0.25) is 0 Å². The van der Waals surface area contributed by atoms with Crippen molar-refractivity contribution in [2.45, 2.75) is 9.79 Å². The van der Waals surface area contributed by atoms with Crippen molar-refractivity contribution in [2.75, 3.05) is 46.3 Å². The summed E-state index contributed by atoms with van der Waals surface area (Å²) in [6.45, 7) is 0. The first-order valence-electron chi connectivity index (χ1n) is 26.4. The lowest BCUT2D eigenvalue weighted by molar-refractivity contribution is -0.115. The fourth-order valence-electron chi connectivity index (χ4n) is 11.3. The second-order valence-corrected chi connectivity index (χ2v) is 21.3. The lowest BCUT2D eigenvalue weighted by Gasteiger charge is -2.28. The standard InChI is InChI=1S/C68H48N6O6S2/c1-77-49-21-13-43(14-22-49)71(44-15-23-50(78-2)24-16-44)59-31-29-55(65-53(59)33-37-79-65)63-61-62(68(76)73(63)47-11-9-41-7-5-35-69-57(41)39-47)64(74(67(61)75)48-12-10-42-8-6-36-70-58(42)40-48)56-30-32-60(54-34-38-80-66(54)56)72(45-17-25-51(81-3)26-18-45)46-19-27-52(82-4)28-20-46/h5-40H,1-4H3. The minimum Gasteiger partial charge on any atom is -0.497 e. The molecule has 0 saturated heterocycles. The van der Waals surface area contributed by atoms with Gasteiger partial charge < -0.3 is 28.1 Å². The summed E-state index contributed by atoms with van der Waals surface area (Å²) in [5.74, 6) is 0.590. The maximum absolute atomic E-state index is 16.4. The van der Waals surface area contributed by atoms with Gasteiger partial charge >= 0.3 is 0 Å². The van der Waals surface area contributed by atoms with Crippen molar-refractivity contribution in [3.05, 3.63) is 241 Å². The van der Waals surface area contributed by atoms with Crippen LogP contribution in [0, 0.1) is 0 Å². The number of aromatic nitrogens is 2. The van der Waals surface area contributed by atoms with E-state index in [9.17, 15) is 0 Å². The summed E-state index contributed by atoms with van der Waals surface area (Å²) in [7, 11) is 3.28. The van der Waals surface area contributed by atoms with E-state index in [0.29, 0.717) is 67.6 Å². The summed E-state index contributed by atoms with van der Waals surface area (Å²) >= 11 is 3.37. The number of fused-ring (bicyclic) bond motifs is 5. The van der Waals surface area contributed by atoms with Crippen molar-refractivity contribution in [2.24, 2.45) is 0 Å². The molecule has 12 nitrogen and oxygen atoms in total. The summed E-state index contributed by atoms with van der Waals surface area (Å²) < 4.78 is 24.4. The molecule has 398 valence electrons. The van der Waals surface area contributed by atoms with E-state index in [1.165, 1.54) is 0 Å². The molecular weight excluding hydrogens is 1060 g/mol. The molecule has 0 unspecified atom stereocenters. The van der Waals surface area contributed by atoms with Crippen LogP contribution in [-0.2, 0) is 9.59 Å². The molecule has 0 bridgehead atoms. The Morgan fingerprint density at radius 3 is 1.22 bits per heavy atom. The van der Waals surface area contributed by atoms with Gasteiger partial charge in [0.25, 0.3) is 11.8 Å². The number of rotatable bonds is 14. The number of hydrogen-bond acceptors (Lipinski definition) is 12. The van der Waals surface area contributed by atoms with Crippen molar-refractivity contribution < 1.29 is 27.9 Å². The van der Waals surface area contributed by atoms with Gasteiger partial charge in [0.15, 0.2) is 0 Å². The molecular formula is C68H48N6O6S2. The van der Waals surface area contributed by atoms with Crippen molar-refractivity contribution >= 4 is 136 Å². The van der Waals surface area contributed by atoms with Crippen LogP contribution >= 0.6 is 23.5 Å². The van der Waals surface area contributed by atoms with E-state index < -0.39 is 11.8 Å². The second-order valence-electron chi connectivity index (χ2n) is 19.5. The third-order valence-corrected chi connectivity index (χ3v) is 16.7. The molecule has 14 rings (SSSR count). The monoisotopic (exact) mass is 1110 g/mol. The van der Waals surface area contributed by atoms with Crippen LogP contribution in [0.25, 0.3) is 55.1 Å². The maximum atomic E-state index is 16.4. The van der Waals surface area contributed by atoms with E-state index in [2.05, 4.69) is 70.8 Å². The first-order chi connectivity index (χ1) is 40.3. The van der Waals surface area contributed by atoms with E-state index in [0.717, 1.165) is 65.5 Å². The number of amides is 2. The van der Waals surface area contributed by atoms with Gasteiger partial charge in [-0.2, -0.15) is 0 Å². The van der Waals surface area contributed by atoms with Crippen LogP contribution in [0.5, 0.6) is 11.5 Å². The zero-order valence-corrected chi connectivity index (χ0v) is 46.4. The van der Waals surface area contributed by atoms with Crippen molar-refractivity contribution in [1.82, 2.24) is 9.97 Å². The third-order valence-electron chi connectivity index (χ3n) is 15.2. The van der Waals surface area contributed by atoms with Crippen molar-refractivity contribution in [3.8, 4) is 11.5 Å². The molecule has 12 aromatic rings. The number of benzene rings is 8. The quantitative estimate of drug-likeness (QED) is 0.0965. The van der Waals surface area contributed by atoms with Gasteiger partial charge in [0, 0.05) is 77.6 Å². The molecule has 8 aromatic carbocycles. The molecule has 0 spiro atoms. The number of thioether (sulfide) groups is 2. The number of pyridine rings is 2. The zero-order chi connectivity index (χ0) is 55.6. The van der Waals surface area contributed by atoms with E-state index in [1.807, 2.05) is 146 Å². The molecule has 2 aliphatic heterocycles. The van der Waals surface area contributed by atoms with E-state index in [4.69, 9.17) is 28.3 Å². The van der Waals surface area contributed by atoms with Crippen molar-refractivity contribution in [1.29, 1.82) is 0 Å². The molecule has 6 heterocycles. The SMILES string of the molecule is COc1ccc(N(c2ccc(OC)cc2)c2ccc(C3=C4C(=O)N(c5ccc6cccnc6c5)C(c5ccc(N(c6ccc(SC)cc6)c6ccc(SC)cc6)c6ccoc56)=C4C(=O)N3c3ccc4cccnc4c3)c3occc23)cc1. The zero-order valence-electron chi connectivity index (χ0n) is 44.7. The Bertz CT molecular complexity index is 4190. The van der Waals surface area contributed by atoms with Gasteiger partial charge in [-0.05, 0) is 182 Å². The Balaban J connectivity index is 1.03. The lowest BCUT2D eigenvalue weighted by Crippen LogP contribution is -2.30. The summed E-state index contributed by atoms with van der Waals surface area (Å²) in [4.78, 5) is 52.1. The molecule has 0 atom stereocenters. The minimum atomic E-state index is -0.417. The van der Waals surface area contributed by atoms with Gasteiger partial charge in [-0.25, -0.2) is 0 Å². The lowest BCUT2D eigenvalue weighted by atomic mass is 9.99. The Morgan fingerprint density at radius 1 is 0.451 bits per heavy atom. The molecule has 0 saturated carbocycles. The van der Waals surface area contributed by atoms with Crippen molar-refractivity contribution in [3.63, 3.8) is 0 Å². The Labute approximate surface area is 480 Å². The van der Waals surface area contributed by atoms with E-state index in [1.54, 1.807) is 72.5 Å². The first kappa shape index (κ1) is 50.2. The van der Waals surface area contributed by atoms with Gasteiger partial charge in [-0.15, -0.1) is 23.5 Å².